The van der Waals surface area contributed by atoms with E-state index in [1.54, 1.807) is 6.08 Å². The van der Waals surface area contributed by atoms with Gasteiger partial charge in [-0.2, -0.15) is 0 Å². The third-order valence-corrected chi connectivity index (χ3v) is 3.93. The summed E-state index contributed by atoms with van der Waals surface area (Å²) in [6.45, 7) is 4.32. The SMILES string of the molecule is C=CCOc1ccccc1/C=C(/CO)C1CCCCC1. The van der Waals surface area contributed by atoms with Gasteiger partial charge in [0.05, 0.1) is 6.61 Å². The second-order valence-electron chi connectivity index (χ2n) is 5.35. The molecule has 1 fully saturated rings. The zero-order valence-corrected chi connectivity index (χ0v) is 12.1. The van der Waals surface area contributed by atoms with Crippen LogP contribution in [0.5, 0.6) is 5.75 Å². The Morgan fingerprint density at radius 2 is 2.00 bits per heavy atom. The first kappa shape index (κ1) is 14.9. The summed E-state index contributed by atoms with van der Waals surface area (Å²) >= 11 is 0. The van der Waals surface area contributed by atoms with Gasteiger partial charge in [0.2, 0.25) is 0 Å². The lowest BCUT2D eigenvalue weighted by molar-refractivity contribution is 0.295. The van der Waals surface area contributed by atoms with E-state index in [4.69, 9.17) is 4.74 Å². The molecule has 2 heteroatoms. The van der Waals surface area contributed by atoms with Crippen molar-refractivity contribution in [2.45, 2.75) is 32.1 Å². The molecule has 1 aliphatic carbocycles. The van der Waals surface area contributed by atoms with Gasteiger partial charge in [-0.3, -0.25) is 0 Å². The summed E-state index contributed by atoms with van der Waals surface area (Å²) < 4.78 is 5.67. The second kappa shape index (κ2) is 7.91. The van der Waals surface area contributed by atoms with Gasteiger partial charge >= 0.3 is 0 Å². The molecule has 0 bridgehead atoms. The monoisotopic (exact) mass is 272 g/mol. The van der Waals surface area contributed by atoms with Gasteiger partial charge in [0.15, 0.2) is 0 Å². The van der Waals surface area contributed by atoms with Crippen LogP contribution in [0.15, 0.2) is 42.5 Å². The van der Waals surface area contributed by atoms with Gasteiger partial charge < -0.3 is 9.84 Å². The molecule has 2 nitrogen and oxygen atoms in total. The van der Waals surface area contributed by atoms with Gasteiger partial charge in [-0.1, -0.05) is 50.1 Å². The number of aliphatic hydroxyl groups is 1. The van der Waals surface area contributed by atoms with Crippen molar-refractivity contribution in [3.8, 4) is 5.75 Å². The van der Waals surface area contributed by atoms with Crippen LogP contribution in [0.1, 0.15) is 37.7 Å². The molecule has 0 spiro atoms. The van der Waals surface area contributed by atoms with Crippen molar-refractivity contribution in [2.24, 2.45) is 5.92 Å². The number of para-hydroxylation sites is 1. The van der Waals surface area contributed by atoms with E-state index in [9.17, 15) is 5.11 Å². The molecule has 0 atom stereocenters. The predicted molar refractivity (Wildman–Crippen MR) is 83.8 cm³/mol. The van der Waals surface area contributed by atoms with Crippen molar-refractivity contribution in [2.75, 3.05) is 13.2 Å². The number of rotatable bonds is 6. The van der Waals surface area contributed by atoms with Crippen molar-refractivity contribution >= 4 is 6.08 Å². The summed E-state index contributed by atoms with van der Waals surface area (Å²) in [7, 11) is 0. The topological polar surface area (TPSA) is 29.5 Å². The molecule has 1 aliphatic rings. The van der Waals surface area contributed by atoms with Crippen LogP contribution >= 0.6 is 0 Å². The molecule has 0 aliphatic heterocycles. The third kappa shape index (κ3) is 3.97. The lowest BCUT2D eigenvalue weighted by Gasteiger charge is -2.23. The number of ether oxygens (including phenoxy) is 1. The Morgan fingerprint density at radius 1 is 1.25 bits per heavy atom. The first-order chi connectivity index (χ1) is 9.85. The molecule has 20 heavy (non-hydrogen) atoms. The van der Waals surface area contributed by atoms with Crippen LogP contribution in [0.2, 0.25) is 0 Å². The van der Waals surface area contributed by atoms with Crippen molar-refractivity contribution in [1.82, 2.24) is 0 Å². The van der Waals surface area contributed by atoms with E-state index >= 15 is 0 Å². The fourth-order valence-corrected chi connectivity index (χ4v) is 2.85. The highest BCUT2D eigenvalue weighted by molar-refractivity contribution is 5.60. The summed E-state index contributed by atoms with van der Waals surface area (Å²) in [5.74, 6) is 1.38. The van der Waals surface area contributed by atoms with Gasteiger partial charge in [0, 0.05) is 5.56 Å². The average Bonchev–Trinajstić information content (AvgIpc) is 2.52. The molecule has 0 saturated heterocycles. The second-order valence-corrected chi connectivity index (χ2v) is 5.35. The molecular formula is C18H24O2. The fourth-order valence-electron chi connectivity index (χ4n) is 2.85. The fraction of sp³-hybridized carbons (Fsp3) is 0.444. The molecule has 1 N–H and O–H groups in total. The number of benzene rings is 1. The number of hydrogen-bond donors (Lipinski definition) is 1. The zero-order valence-electron chi connectivity index (χ0n) is 12.1. The van der Waals surface area contributed by atoms with Crippen molar-refractivity contribution in [1.29, 1.82) is 0 Å². The summed E-state index contributed by atoms with van der Waals surface area (Å²) in [6.07, 6.45) is 10.1. The maximum absolute atomic E-state index is 9.68. The maximum Gasteiger partial charge on any atom is 0.126 e. The van der Waals surface area contributed by atoms with Crippen LogP contribution in [0.4, 0.5) is 0 Å². The van der Waals surface area contributed by atoms with Gasteiger partial charge in [-0.05, 0) is 36.5 Å². The van der Waals surface area contributed by atoms with Gasteiger partial charge in [0.1, 0.15) is 12.4 Å². The quantitative estimate of drug-likeness (QED) is 0.786. The minimum Gasteiger partial charge on any atom is -0.489 e. The van der Waals surface area contributed by atoms with Gasteiger partial charge in [0.25, 0.3) is 0 Å². The lowest BCUT2D eigenvalue weighted by atomic mass is 9.83. The predicted octanol–water partition coefficient (Wildman–Crippen LogP) is 4.21. The Morgan fingerprint density at radius 3 is 2.70 bits per heavy atom. The largest absolute Gasteiger partial charge is 0.489 e. The van der Waals surface area contributed by atoms with Crippen LogP contribution in [0.25, 0.3) is 6.08 Å². The summed E-state index contributed by atoms with van der Waals surface area (Å²) in [4.78, 5) is 0. The van der Waals surface area contributed by atoms with Crippen LogP contribution < -0.4 is 4.74 Å². The van der Waals surface area contributed by atoms with Gasteiger partial charge in [-0.25, -0.2) is 0 Å². The zero-order chi connectivity index (χ0) is 14.2. The highest BCUT2D eigenvalue weighted by atomic mass is 16.5. The van der Waals surface area contributed by atoms with E-state index in [0.717, 1.165) is 16.9 Å². The number of aliphatic hydroxyl groups excluding tert-OH is 1. The molecule has 0 heterocycles. The normalized spacial score (nSPS) is 16.9. The minimum absolute atomic E-state index is 0.139. The van der Waals surface area contributed by atoms with Gasteiger partial charge in [-0.15, -0.1) is 0 Å². The van der Waals surface area contributed by atoms with Crippen LogP contribution in [0, 0.1) is 5.92 Å². The first-order valence-corrected chi connectivity index (χ1v) is 7.49. The van der Waals surface area contributed by atoms with E-state index in [0.29, 0.717) is 12.5 Å². The van der Waals surface area contributed by atoms with E-state index in [-0.39, 0.29) is 6.61 Å². The molecule has 1 saturated carbocycles. The molecular weight excluding hydrogens is 248 g/mol. The molecule has 0 aromatic heterocycles. The lowest BCUT2D eigenvalue weighted by Crippen LogP contribution is -2.11. The molecule has 0 unspecified atom stereocenters. The van der Waals surface area contributed by atoms with E-state index in [1.807, 2.05) is 24.3 Å². The summed E-state index contributed by atoms with van der Waals surface area (Å²) in [5, 5.41) is 9.68. The highest BCUT2D eigenvalue weighted by Gasteiger charge is 2.17. The molecule has 1 aromatic carbocycles. The van der Waals surface area contributed by atoms with Crippen molar-refractivity contribution in [3.63, 3.8) is 0 Å². The van der Waals surface area contributed by atoms with E-state index in [1.165, 1.54) is 32.1 Å². The first-order valence-electron chi connectivity index (χ1n) is 7.49. The molecule has 1 aromatic rings. The van der Waals surface area contributed by atoms with E-state index in [2.05, 4.69) is 12.7 Å². The Bertz CT molecular complexity index is 456. The van der Waals surface area contributed by atoms with E-state index < -0.39 is 0 Å². The Kier molecular flexibility index (Phi) is 5.87. The van der Waals surface area contributed by atoms with Crippen LogP contribution in [-0.4, -0.2) is 18.3 Å². The Labute approximate surface area is 121 Å². The standard InChI is InChI=1S/C18H24O2/c1-2-12-20-18-11-7-6-10-16(18)13-17(14-19)15-8-4-3-5-9-15/h2,6-7,10-11,13,15,19H,1,3-5,8-9,12,14H2/b17-13-. The Balaban J connectivity index is 2.19. The summed E-state index contributed by atoms with van der Waals surface area (Å²) in [6, 6.07) is 7.97. The molecule has 2 rings (SSSR count). The van der Waals surface area contributed by atoms with Crippen molar-refractivity contribution < 1.29 is 9.84 Å². The smallest absolute Gasteiger partial charge is 0.126 e. The minimum atomic E-state index is 0.139. The van der Waals surface area contributed by atoms with Crippen LogP contribution in [-0.2, 0) is 0 Å². The van der Waals surface area contributed by atoms with Crippen molar-refractivity contribution in [3.05, 3.63) is 48.1 Å². The molecule has 0 radical (unpaired) electrons. The average molecular weight is 272 g/mol. The third-order valence-electron chi connectivity index (χ3n) is 3.93. The molecule has 0 amide bonds. The number of hydrogen-bond acceptors (Lipinski definition) is 2. The maximum atomic E-state index is 9.68. The van der Waals surface area contributed by atoms with Crippen LogP contribution in [0.3, 0.4) is 0 Å². The summed E-state index contributed by atoms with van der Waals surface area (Å²) in [5.41, 5.74) is 2.18. The Hall–Kier alpha value is -1.54. The molecule has 108 valence electrons. The highest BCUT2D eigenvalue weighted by Crippen LogP contribution is 2.32.